The minimum absolute atomic E-state index is 0.0586. The Morgan fingerprint density at radius 2 is 1.96 bits per heavy atom. The van der Waals surface area contributed by atoms with Gasteiger partial charge in [0.1, 0.15) is 4.21 Å². The van der Waals surface area contributed by atoms with E-state index in [0.717, 1.165) is 15.6 Å². The molecule has 25 heavy (non-hydrogen) atoms. The highest BCUT2D eigenvalue weighted by molar-refractivity contribution is 7.91. The van der Waals surface area contributed by atoms with Gasteiger partial charge in [-0.3, -0.25) is 20.1 Å². The third-order valence-corrected chi connectivity index (χ3v) is 6.53. The summed E-state index contributed by atoms with van der Waals surface area (Å²) in [4.78, 5) is 21.4. The third kappa shape index (κ3) is 4.82. The number of hydroxylamine groups is 1. The van der Waals surface area contributed by atoms with Crippen LogP contribution >= 0.6 is 11.3 Å². The molecule has 0 aliphatic carbocycles. The molecular formula is C14H15N3O6S2. The second-order valence-electron chi connectivity index (χ2n) is 4.98. The Kier molecular flexibility index (Phi) is 6.20. The van der Waals surface area contributed by atoms with E-state index in [0.29, 0.717) is 5.56 Å². The molecule has 0 saturated heterocycles. The molecular weight excluding hydrogens is 370 g/mol. The number of nitrogens with zero attached hydrogens (tertiary/aromatic N) is 2. The predicted molar refractivity (Wildman–Crippen MR) is 89.6 cm³/mol. The lowest BCUT2D eigenvalue weighted by Crippen LogP contribution is -2.34. The van der Waals surface area contributed by atoms with E-state index < -0.39 is 20.9 Å². The predicted octanol–water partition coefficient (Wildman–Crippen LogP) is 1.74. The monoisotopic (exact) mass is 385 g/mol. The van der Waals surface area contributed by atoms with E-state index in [9.17, 15) is 23.3 Å². The van der Waals surface area contributed by atoms with E-state index in [1.54, 1.807) is 11.4 Å². The van der Waals surface area contributed by atoms with Gasteiger partial charge in [-0.25, -0.2) is 13.9 Å². The summed E-state index contributed by atoms with van der Waals surface area (Å²) >= 11 is 1.05. The molecule has 0 radical (unpaired) electrons. The van der Waals surface area contributed by atoms with Gasteiger partial charge in [0, 0.05) is 31.6 Å². The molecule has 1 aromatic heterocycles. The van der Waals surface area contributed by atoms with E-state index in [1.165, 1.54) is 35.8 Å². The first-order chi connectivity index (χ1) is 11.8. The number of carbonyl (C=O) groups is 1. The first-order valence-electron chi connectivity index (χ1n) is 7.04. The van der Waals surface area contributed by atoms with Crippen LogP contribution in [0.1, 0.15) is 12.0 Å². The molecule has 0 atom stereocenters. The third-order valence-electron chi connectivity index (χ3n) is 3.31. The van der Waals surface area contributed by atoms with E-state index in [-0.39, 0.29) is 29.4 Å². The van der Waals surface area contributed by atoms with Crippen LogP contribution in [0.4, 0.5) is 5.69 Å². The number of hydrogen-bond donors (Lipinski definition) is 2. The normalized spacial score (nSPS) is 11.4. The first-order valence-corrected chi connectivity index (χ1v) is 9.36. The Labute approximate surface area is 147 Å². The summed E-state index contributed by atoms with van der Waals surface area (Å²) in [5.41, 5.74) is 1.89. The summed E-state index contributed by atoms with van der Waals surface area (Å²) in [6.45, 7) is -0.208. The summed E-state index contributed by atoms with van der Waals surface area (Å²) in [7, 11) is -3.83. The summed E-state index contributed by atoms with van der Waals surface area (Å²) in [6, 6.07) is 8.54. The zero-order chi connectivity index (χ0) is 18.4. The van der Waals surface area contributed by atoms with Crippen molar-refractivity contribution in [3.8, 4) is 0 Å². The van der Waals surface area contributed by atoms with E-state index in [1.807, 2.05) is 0 Å². The molecule has 1 aromatic carbocycles. The van der Waals surface area contributed by atoms with Gasteiger partial charge in [0.25, 0.3) is 15.7 Å². The van der Waals surface area contributed by atoms with Crippen molar-refractivity contribution in [2.75, 3.05) is 6.54 Å². The number of carbonyl (C=O) groups excluding carboxylic acids is 1. The van der Waals surface area contributed by atoms with Gasteiger partial charge in [0.05, 0.1) is 4.92 Å². The number of amides is 1. The fraction of sp³-hybridized carbons (Fsp3) is 0.214. The number of rotatable bonds is 8. The number of hydrogen-bond acceptors (Lipinski definition) is 7. The van der Waals surface area contributed by atoms with Crippen LogP contribution in [0.3, 0.4) is 0 Å². The number of sulfonamides is 1. The zero-order valence-electron chi connectivity index (χ0n) is 12.9. The van der Waals surface area contributed by atoms with Crippen molar-refractivity contribution in [2.24, 2.45) is 0 Å². The number of non-ortho nitro benzene ring substituents is 1. The van der Waals surface area contributed by atoms with Crippen LogP contribution in [0.25, 0.3) is 0 Å². The van der Waals surface area contributed by atoms with E-state index >= 15 is 0 Å². The van der Waals surface area contributed by atoms with Gasteiger partial charge in [-0.05, 0) is 17.0 Å². The summed E-state index contributed by atoms with van der Waals surface area (Å²) < 4.78 is 26.6. The van der Waals surface area contributed by atoms with Gasteiger partial charge in [-0.2, -0.15) is 4.31 Å². The van der Waals surface area contributed by atoms with E-state index in [2.05, 4.69) is 0 Å². The van der Waals surface area contributed by atoms with Gasteiger partial charge in [-0.15, -0.1) is 11.3 Å². The molecule has 0 aliphatic rings. The number of benzene rings is 1. The van der Waals surface area contributed by atoms with Gasteiger partial charge >= 0.3 is 0 Å². The topological polar surface area (TPSA) is 130 Å². The molecule has 134 valence electrons. The molecule has 0 aliphatic heterocycles. The van der Waals surface area contributed by atoms with Crippen LogP contribution in [0, 0.1) is 10.1 Å². The largest absolute Gasteiger partial charge is 0.289 e. The lowest BCUT2D eigenvalue weighted by atomic mass is 10.2. The van der Waals surface area contributed by atoms with Crippen LogP contribution in [0.5, 0.6) is 0 Å². The Morgan fingerprint density at radius 1 is 1.28 bits per heavy atom. The number of nitrogens with one attached hydrogen (secondary N) is 1. The Balaban J connectivity index is 2.25. The lowest BCUT2D eigenvalue weighted by Gasteiger charge is -2.21. The molecule has 0 saturated carbocycles. The van der Waals surface area contributed by atoms with E-state index in [4.69, 9.17) is 5.21 Å². The van der Waals surface area contributed by atoms with Gasteiger partial charge in [0.2, 0.25) is 5.91 Å². The van der Waals surface area contributed by atoms with Crippen LogP contribution in [0.15, 0.2) is 46.0 Å². The van der Waals surface area contributed by atoms with Crippen LogP contribution < -0.4 is 5.48 Å². The summed E-state index contributed by atoms with van der Waals surface area (Å²) in [5, 5.41) is 20.9. The maximum absolute atomic E-state index is 12.7. The molecule has 1 heterocycles. The molecule has 9 nitrogen and oxygen atoms in total. The highest BCUT2D eigenvalue weighted by atomic mass is 32.2. The molecule has 2 N–H and O–H groups in total. The van der Waals surface area contributed by atoms with Crippen LogP contribution in [-0.2, 0) is 21.4 Å². The van der Waals surface area contributed by atoms with Crippen molar-refractivity contribution in [3.63, 3.8) is 0 Å². The van der Waals surface area contributed by atoms with Crippen molar-refractivity contribution < 1.29 is 23.3 Å². The van der Waals surface area contributed by atoms with Crippen molar-refractivity contribution >= 4 is 33.0 Å². The van der Waals surface area contributed by atoms with Gasteiger partial charge < -0.3 is 0 Å². The van der Waals surface area contributed by atoms with Gasteiger partial charge in [-0.1, -0.05) is 18.2 Å². The minimum Gasteiger partial charge on any atom is -0.289 e. The molecule has 11 heteroatoms. The fourth-order valence-electron chi connectivity index (χ4n) is 2.03. The minimum atomic E-state index is -3.83. The summed E-state index contributed by atoms with van der Waals surface area (Å²) in [6.07, 6.45) is -0.228. The second-order valence-corrected chi connectivity index (χ2v) is 8.09. The Bertz CT molecular complexity index is 834. The van der Waals surface area contributed by atoms with Gasteiger partial charge in [0.15, 0.2) is 0 Å². The molecule has 2 rings (SSSR count). The summed E-state index contributed by atoms with van der Waals surface area (Å²) in [5.74, 6) is -0.713. The molecule has 2 aromatic rings. The Morgan fingerprint density at radius 3 is 2.48 bits per heavy atom. The number of thiophene rings is 1. The molecule has 0 spiro atoms. The molecule has 0 unspecified atom stereocenters. The van der Waals surface area contributed by atoms with Crippen molar-refractivity contribution in [2.45, 2.75) is 17.2 Å². The quantitative estimate of drug-likeness (QED) is 0.404. The maximum Gasteiger partial charge on any atom is 0.269 e. The van der Waals surface area contributed by atoms with Crippen LogP contribution in [-0.4, -0.2) is 35.3 Å². The standard InChI is InChI=1S/C14H15N3O6S2/c18-13(15-19)7-8-16(25(22,23)14-2-1-9-24-14)10-11-3-5-12(6-4-11)17(20)21/h1-6,9,19H,7-8,10H2,(H,15,18). The highest BCUT2D eigenvalue weighted by Gasteiger charge is 2.26. The Hall–Kier alpha value is -2.34. The van der Waals surface area contributed by atoms with Crippen molar-refractivity contribution in [1.82, 2.24) is 9.79 Å². The smallest absolute Gasteiger partial charge is 0.269 e. The fourth-order valence-corrected chi connectivity index (χ4v) is 4.60. The van der Waals surface area contributed by atoms with Crippen LogP contribution in [0.2, 0.25) is 0 Å². The van der Waals surface area contributed by atoms with Crippen molar-refractivity contribution in [1.29, 1.82) is 0 Å². The average Bonchev–Trinajstić information content (AvgIpc) is 3.13. The number of nitro benzene ring substituents is 1. The lowest BCUT2D eigenvalue weighted by molar-refractivity contribution is -0.384. The zero-order valence-corrected chi connectivity index (χ0v) is 14.5. The average molecular weight is 385 g/mol. The SMILES string of the molecule is O=C(CCN(Cc1ccc([N+](=O)[O-])cc1)S(=O)(=O)c1cccs1)NO. The first kappa shape index (κ1) is 19.0. The molecule has 0 fully saturated rings. The number of nitro groups is 1. The second kappa shape index (κ2) is 8.16. The highest BCUT2D eigenvalue weighted by Crippen LogP contribution is 2.23. The molecule has 1 amide bonds. The maximum atomic E-state index is 12.7. The molecule has 0 bridgehead atoms. The van der Waals surface area contributed by atoms with Crippen molar-refractivity contribution in [3.05, 3.63) is 57.5 Å².